The molecule has 0 saturated heterocycles. The third-order valence-electron chi connectivity index (χ3n) is 3.14. The molecule has 0 aliphatic carbocycles. The Balaban J connectivity index is 1.65. The van der Waals surface area contributed by atoms with Gasteiger partial charge in [-0.2, -0.15) is 0 Å². The van der Waals surface area contributed by atoms with Crippen molar-refractivity contribution in [3.05, 3.63) is 62.8 Å². The average molecular weight is 285 g/mol. The number of nitrogens with one attached hydrogen (secondary N) is 2. The van der Waals surface area contributed by atoms with Crippen LogP contribution in [0, 0.1) is 0 Å². The lowest BCUT2D eigenvalue weighted by molar-refractivity contribution is 0.681. The zero-order chi connectivity index (χ0) is 13.8. The van der Waals surface area contributed by atoms with Gasteiger partial charge in [-0.1, -0.05) is 18.2 Å². The summed E-state index contributed by atoms with van der Waals surface area (Å²) < 4.78 is 0. The third kappa shape index (κ3) is 2.95. The number of aromatic amines is 1. The van der Waals surface area contributed by atoms with E-state index in [2.05, 4.69) is 15.3 Å². The van der Waals surface area contributed by atoms with E-state index < -0.39 is 0 Å². The van der Waals surface area contributed by atoms with E-state index in [0.717, 1.165) is 34.4 Å². The molecule has 0 amide bonds. The maximum absolute atomic E-state index is 12.0. The number of aromatic nitrogens is 2. The molecule has 4 nitrogen and oxygen atoms in total. The zero-order valence-electron chi connectivity index (χ0n) is 10.9. The van der Waals surface area contributed by atoms with Gasteiger partial charge in [0.2, 0.25) is 0 Å². The minimum absolute atomic E-state index is 0.0227. The molecule has 2 N–H and O–H groups in total. The van der Waals surface area contributed by atoms with Crippen molar-refractivity contribution < 1.29 is 0 Å². The van der Waals surface area contributed by atoms with E-state index in [1.807, 2.05) is 41.9 Å². The number of fused-ring (bicyclic) bond motifs is 1. The quantitative estimate of drug-likeness (QED) is 0.707. The Hall–Kier alpha value is -1.98. The highest BCUT2D eigenvalue weighted by Gasteiger charge is 2.02. The second kappa shape index (κ2) is 5.98. The molecule has 0 saturated carbocycles. The highest BCUT2D eigenvalue weighted by Crippen LogP contribution is 2.10. The largest absolute Gasteiger partial charge is 0.322 e. The number of nitrogens with zero attached hydrogens (tertiary/aromatic N) is 1. The van der Waals surface area contributed by atoms with Gasteiger partial charge in [-0.25, -0.2) is 4.98 Å². The lowest BCUT2D eigenvalue weighted by Crippen LogP contribution is -2.22. The van der Waals surface area contributed by atoms with E-state index >= 15 is 0 Å². The molecule has 0 aliphatic rings. The molecule has 0 atom stereocenters. The van der Waals surface area contributed by atoms with Crippen molar-refractivity contribution in [3.8, 4) is 0 Å². The van der Waals surface area contributed by atoms with Crippen LogP contribution in [0.15, 0.2) is 46.7 Å². The van der Waals surface area contributed by atoms with E-state index in [1.165, 1.54) is 0 Å². The smallest absolute Gasteiger partial charge is 0.252 e. The van der Waals surface area contributed by atoms with Crippen LogP contribution >= 0.6 is 11.3 Å². The molecule has 3 rings (SSSR count). The molecule has 2 aromatic heterocycles. The second-order valence-corrected chi connectivity index (χ2v) is 5.54. The van der Waals surface area contributed by atoms with Crippen LogP contribution in [0.1, 0.15) is 10.6 Å². The van der Waals surface area contributed by atoms with Crippen LogP contribution < -0.4 is 10.9 Å². The summed E-state index contributed by atoms with van der Waals surface area (Å²) in [6, 6.07) is 9.76. The van der Waals surface area contributed by atoms with Gasteiger partial charge in [0.05, 0.1) is 5.01 Å². The van der Waals surface area contributed by atoms with Crippen molar-refractivity contribution in [1.82, 2.24) is 15.3 Å². The first-order valence-corrected chi connectivity index (χ1v) is 7.41. The van der Waals surface area contributed by atoms with E-state index in [0.29, 0.717) is 6.54 Å². The highest BCUT2D eigenvalue weighted by atomic mass is 32.1. The number of H-pyrrole nitrogens is 1. The van der Waals surface area contributed by atoms with Crippen molar-refractivity contribution in [2.24, 2.45) is 0 Å². The molecule has 0 fully saturated rings. The Morgan fingerprint density at radius 3 is 3.05 bits per heavy atom. The molecule has 0 unspecified atom stereocenters. The number of rotatable bonds is 5. The Morgan fingerprint density at radius 2 is 2.20 bits per heavy atom. The van der Waals surface area contributed by atoms with Crippen LogP contribution in [-0.2, 0) is 13.0 Å². The standard InChI is InChI=1S/C15H15N3OS/c19-15-12(9-11-3-1-2-4-13(11)18-15)10-16-6-5-14-17-7-8-20-14/h1-4,7-9,16H,5-6,10H2,(H,18,19). The van der Waals surface area contributed by atoms with E-state index in [4.69, 9.17) is 0 Å². The first kappa shape index (κ1) is 13.0. The normalized spacial score (nSPS) is 11.0. The summed E-state index contributed by atoms with van der Waals surface area (Å²) in [5.74, 6) is 0. The van der Waals surface area contributed by atoms with Crippen LogP contribution in [-0.4, -0.2) is 16.5 Å². The number of benzene rings is 1. The molecule has 0 bridgehead atoms. The van der Waals surface area contributed by atoms with E-state index in [1.54, 1.807) is 11.3 Å². The number of hydrogen-bond acceptors (Lipinski definition) is 4. The highest BCUT2D eigenvalue weighted by molar-refractivity contribution is 7.09. The van der Waals surface area contributed by atoms with Crippen molar-refractivity contribution in [1.29, 1.82) is 0 Å². The van der Waals surface area contributed by atoms with Gasteiger partial charge in [-0.3, -0.25) is 4.79 Å². The van der Waals surface area contributed by atoms with Crippen LogP contribution in [0.2, 0.25) is 0 Å². The van der Waals surface area contributed by atoms with Crippen molar-refractivity contribution in [2.45, 2.75) is 13.0 Å². The van der Waals surface area contributed by atoms with Gasteiger partial charge < -0.3 is 10.3 Å². The Labute approximate surface area is 120 Å². The lowest BCUT2D eigenvalue weighted by Gasteiger charge is -2.05. The summed E-state index contributed by atoms with van der Waals surface area (Å²) in [6.07, 6.45) is 2.71. The summed E-state index contributed by atoms with van der Waals surface area (Å²) in [6.45, 7) is 1.39. The monoisotopic (exact) mass is 285 g/mol. The Morgan fingerprint density at radius 1 is 1.30 bits per heavy atom. The fourth-order valence-electron chi connectivity index (χ4n) is 2.12. The van der Waals surface area contributed by atoms with Gasteiger partial charge in [0.25, 0.3) is 5.56 Å². The lowest BCUT2D eigenvalue weighted by atomic mass is 10.1. The van der Waals surface area contributed by atoms with Gasteiger partial charge in [0.15, 0.2) is 0 Å². The maximum atomic E-state index is 12.0. The van der Waals surface area contributed by atoms with Gasteiger partial charge in [-0.15, -0.1) is 11.3 Å². The molecular weight excluding hydrogens is 270 g/mol. The van der Waals surface area contributed by atoms with Crippen LogP contribution in [0.4, 0.5) is 0 Å². The van der Waals surface area contributed by atoms with Crippen LogP contribution in [0.25, 0.3) is 10.9 Å². The predicted octanol–water partition coefficient (Wildman–Crippen LogP) is 2.32. The molecule has 1 aromatic carbocycles. The molecule has 0 aliphatic heterocycles. The number of para-hydroxylation sites is 1. The number of hydrogen-bond donors (Lipinski definition) is 2. The van der Waals surface area contributed by atoms with Gasteiger partial charge in [-0.05, 0) is 17.5 Å². The average Bonchev–Trinajstić information content (AvgIpc) is 2.97. The molecule has 102 valence electrons. The third-order valence-corrected chi connectivity index (χ3v) is 3.98. The van der Waals surface area contributed by atoms with Crippen LogP contribution in [0.5, 0.6) is 0 Å². The summed E-state index contributed by atoms with van der Waals surface area (Å²) in [5, 5.41) is 7.44. The minimum atomic E-state index is -0.0227. The maximum Gasteiger partial charge on any atom is 0.252 e. The molecule has 0 radical (unpaired) electrons. The van der Waals surface area contributed by atoms with E-state index in [9.17, 15) is 4.79 Å². The molecular formula is C15H15N3OS. The van der Waals surface area contributed by atoms with Crippen molar-refractivity contribution in [3.63, 3.8) is 0 Å². The van der Waals surface area contributed by atoms with Crippen molar-refractivity contribution >= 4 is 22.2 Å². The summed E-state index contributed by atoms with van der Waals surface area (Å²) in [5.41, 5.74) is 1.62. The first-order valence-electron chi connectivity index (χ1n) is 6.53. The fourth-order valence-corrected chi connectivity index (χ4v) is 2.74. The predicted molar refractivity (Wildman–Crippen MR) is 82.1 cm³/mol. The first-order chi connectivity index (χ1) is 9.83. The topological polar surface area (TPSA) is 57.8 Å². The van der Waals surface area contributed by atoms with E-state index in [-0.39, 0.29) is 5.56 Å². The summed E-state index contributed by atoms with van der Waals surface area (Å²) in [7, 11) is 0. The molecule has 0 spiro atoms. The molecule has 2 heterocycles. The van der Waals surface area contributed by atoms with Gasteiger partial charge >= 0.3 is 0 Å². The summed E-state index contributed by atoms with van der Waals surface area (Å²) in [4.78, 5) is 19.1. The second-order valence-electron chi connectivity index (χ2n) is 4.56. The van der Waals surface area contributed by atoms with Gasteiger partial charge in [0.1, 0.15) is 0 Å². The Kier molecular flexibility index (Phi) is 3.90. The molecule has 5 heteroatoms. The molecule has 20 heavy (non-hydrogen) atoms. The number of pyridine rings is 1. The fraction of sp³-hybridized carbons (Fsp3) is 0.200. The Bertz CT molecular complexity index is 749. The minimum Gasteiger partial charge on any atom is -0.322 e. The SMILES string of the molecule is O=c1[nH]c2ccccc2cc1CNCCc1nccs1. The van der Waals surface area contributed by atoms with Gasteiger partial charge in [0, 0.05) is 42.2 Å². The summed E-state index contributed by atoms with van der Waals surface area (Å²) >= 11 is 1.66. The zero-order valence-corrected chi connectivity index (χ0v) is 11.7. The number of thiazole rings is 1. The molecule has 3 aromatic rings. The van der Waals surface area contributed by atoms with Crippen LogP contribution in [0.3, 0.4) is 0 Å². The van der Waals surface area contributed by atoms with Crippen molar-refractivity contribution in [2.75, 3.05) is 6.54 Å².